The Labute approximate surface area is 176 Å². The first-order chi connectivity index (χ1) is 11.5. The van der Waals surface area contributed by atoms with Gasteiger partial charge in [-0.25, -0.2) is 0 Å². The fraction of sp³-hybridized carbons (Fsp3) is 0.167. The number of aliphatic hydroxyl groups is 1. The maximum absolute atomic E-state index is 11.3. The molecule has 0 fully saturated rings. The molecule has 0 aromatic heterocycles. The Morgan fingerprint density at radius 2 is 1.46 bits per heavy atom. The quantitative estimate of drug-likeness (QED) is 0.440. The number of fused-ring (bicyclic) bond motifs is 1. The summed E-state index contributed by atoms with van der Waals surface area (Å²) in [5, 5.41) is 11.4. The van der Waals surface area contributed by atoms with Crippen molar-refractivity contribution in [2.75, 3.05) is 14.1 Å². The number of carbonyl (C=O) groups is 3. The largest absolute Gasteiger partial charge is 1.00 e. The van der Waals surface area contributed by atoms with E-state index in [1.54, 1.807) is 55.6 Å². The molecule has 132 valence electrons. The molecule has 3 amide bonds. The van der Waals surface area contributed by atoms with Crippen molar-refractivity contribution in [1.82, 2.24) is 10.2 Å². The Hall–Kier alpha value is -1.93. The topological polar surface area (TPSA) is 86.7 Å². The summed E-state index contributed by atoms with van der Waals surface area (Å²) in [6.45, 7) is -0.108. The molecule has 6 nitrogen and oxygen atoms in total. The molecule has 8 heteroatoms. The van der Waals surface area contributed by atoms with Crippen LogP contribution in [0, 0.1) is 0 Å². The van der Waals surface area contributed by atoms with Gasteiger partial charge in [-0.1, -0.05) is 38.7 Å². The van der Waals surface area contributed by atoms with Crippen LogP contribution in [0.5, 0.6) is 0 Å². The second-order valence-electron chi connectivity index (χ2n) is 5.11. The third kappa shape index (κ3) is 5.05. The van der Waals surface area contributed by atoms with Crippen molar-refractivity contribution in [3.05, 3.63) is 70.8 Å². The number of aliphatic hydroxyl groups excluding tert-OH is 1. The maximum Gasteiger partial charge on any atom is 1.00 e. The molecule has 0 bridgehead atoms. The van der Waals surface area contributed by atoms with E-state index >= 15 is 0 Å². The van der Waals surface area contributed by atoms with Gasteiger partial charge in [-0.05, 0) is 23.8 Å². The van der Waals surface area contributed by atoms with Gasteiger partial charge in [-0.2, -0.15) is 0 Å². The molecular weight excluding hydrogens is 342 g/mol. The second-order valence-corrected chi connectivity index (χ2v) is 5.11. The molecule has 0 saturated carbocycles. The molecule has 3 rings (SSSR count). The van der Waals surface area contributed by atoms with Crippen LogP contribution in [0.25, 0.3) is 0 Å². The fourth-order valence-corrected chi connectivity index (χ4v) is 2.32. The van der Waals surface area contributed by atoms with Gasteiger partial charge in [0.25, 0.3) is 17.7 Å². The van der Waals surface area contributed by atoms with Crippen molar-refractivity contribution >= 4 is 26.1 Å². The van der Waals surface area contributed by atoms with Crippen LogP contribution < -0.4 is 34.9 Å². The molecule has 26 heavy (non-hydrogen) atoms. The Balaban J connectivity index is 0.000000446. The summed E-state index contributed by atoms with van der Waals surface area (Å²) < 4.78 is 0. The van der Waals surface area contributed by atoms with Crippen LogP contribution in [0.15, 0.2) is 48.5 Å². The summed E-state index contributed by atoms with van der Waals surface area (Å²) in [6.07, 6.45) is 0. The third-order valence-electron chi connectivity index (χ3n) is 3.66. The van der Waals surface area contributed by atoms with Crippen LogP contribution >= 0.6 is 0 Å². The number of hydrogen-bond donors (Lipinski definition) is 2. The van der Waals surface area contributed by atoms with E-state index in [9.17, 15) is 14.4 Å². The summed E-state index contributed by atoms with van der Waals surface area (Å²) in [5.41, 5.74) is 2.19. The molecule has 1 heterocycles. The van der Waals surface area contributed by atoms with Crippen LogP contribution in [0.3, 0.4) is 0 Å². The van der Waals surface area contributed by atoms with E-state index < -0.39 is 0 Å². The van der Waals surface area contributed by atoms with E-state index in [0.717, 1.165) is 4.90 Å². The molecule has 1 aliphatic rings. The number of benzene rings is 2. The number of hydrogen-bond acceptors (Lipinski definition) is 4. The van der Waals surface area contributed by atoms with E-state index in [1.807, 2.05) is 0 Å². The summed E-state index contributed by atoms with van der Waals surface area (Å²) in [5.74, 6) is -0.592. The Morgan fingerprint density at radius 1 is 1.00 bits per heavy atom. The van der Waals surface area contributed by atoms with Gasteiger partial charge in [0.05, 0.1) is 17.7 Å². The predicted molar refractivity (Wildman–Crippen MR) is 100.0 cm³/mol. The molecule has 0 atom stereocenters. The SMILES string of the molecule is CN1C(=O)c2ccccc2C1=O.CNC(=O)c1ccccc1CO.[BH4-].[Na+]. The van der Waals surface area contributed by atoms with Gasteiger partial charge in [-0.15, -0.1) is 0 Å². The minimum Gasteiger partial charge on any atom is -0.392 e. The molecule has 2 aromatic carbocycles. The summed E-state index contributed by atoms with van der Waals surface area (Å²) in [6, 6.07) is 13.8. The minimum absolute atomic E-state index is 0. The van der Waals surface area contributed by atoms with Crippen molar-refractivity contribution in [3.8, 4) is 0 Å². The number of imide groups is 1. The van der Waals surface area contributed by atoms with Gasteiger partial charge in [0, 0.05) is 19.7 Å². The second kappa shape index (κ2) is 10.9. The van der Waals surface area contributed by atoms with Crippen molar-refractivity contribution in [1.29, 1.82) is 0 Å². The van der Waals surface area contributed by atoms with Crippen LogP contribution in [0.1, 0.15) is 36.6 Å². The third-order valence-corrected chi connectivity index (χ3v) is 3.66. The molecule has 2 N–H and O–H groups in total. The number of nitrogens with zero attached hydrogens (tertiary/aromatic N) is 1. The van der Waals surface area contributed by atoms with Crippen LogP contribution in [-0.2, 0) is 6.61 Å². The van der Waals surface area contributed by atoms with Crippen LogP contribution in [-0.4, -0.2) is 50.2 Å². The number of nitrogens with one attached hydrogen (secondary N) is 1. The molecule has 0 saturated heterocycles. The molecule has 2 aromatic rings. The van der Waals surface area contributed by atoms with Gasteiger partial charge < -0.3 is 10.4 Å². The molecule has 0 spiro atoms. The maximum atomic E-state index is 11.3. The number of rotatable bonds is 2. The van der Waals surface area contributed by atoms with Crippen molar-refractivity contribution < 1.29 is 49.0 Å². The fourth-order valence-electron chi connectivity index (χ4n) is 2.32. The first kappa shape index (κ1) is 24.1. The average Bonchev–Trinajstić information content (AvgIpc) is 2.86. The van der Waals surface area contributed by atoms with Crippen LogP contribution in [0.4, 0.5) is 0 Å². The van der Waals surface area contributed by atoms with E-state index in [4.69, 9.17) is 5.11 Å². The Bertz CT molecular complexity index is 763. The number of carbonyl (C=O) groups excluding carboxylic acids is 3. The zero-order valence-electron chi connectivity index (χ0n) is 14.4. The first-order valence-electron chi connectivity index (χ1n) is 7.33. The van der Waals surface area contributed by atoms with Crippen molar-refractivity contribution in [2.45, 2.75) is 6.61 Å². The van der Waals surface area contributed by atoms with Crippen LogP contribution in [0.2, 0.25) is 0 Å². The van der Waals surface area contributed by atoms with E-state index in [-0.39, 0.29) is 62.3 Å². The first-order valence-corrected chi connectivity index (χ1v) is 7.33. The van der Waals surface area contributed by atoms with E-state index in [1.165, 1.54) is 7.05 Å². The van der Waals surface area contributed by atoms with Gasteiger partial charge >= 0.3 is 29.6 Å². The Morgan fingerprint density at radius 3 is 1.92 bits per heavy atom. The summed E-state index contributed by atoms with van der Waals surface area (Å²) in [7, 11) is 3.06. The van der Waals surface area contributed by atoms with Gasteiger partial charge in [0.2, 0.25) is 0 Å². The number of amides is 3. The molecule has 0 radical (unpaired) electrons. The van der Waals surface area contributed by atoms with Gasteiger partial charge in [0.15, 0.2) is 0 Å². The van der Waals surface area contributed by atoms with Gasteiger partial charge in [0.1, 0.15) is 0 Å². The normalized spacial score (nSPS) is 11.4. The molecule has 0 unspecified atom stereocenters. The van der Waals surface area contributed by atoms with E-state index in [0.29, 0.717) is 22.3 Å². The minimum atomic E-state index is -0.212. The molecular formula is C18H22BN2NaO4. The average molecular weight is 364 g/mol. The Kier molecular flexibility index (Phi) is 10.1. The van der Waals surface area contributed by atoms with Gasteiger partial charge in [-0.3, -0.25) is 19.3 Å². The molecule has 0 aliphatic carbocycles. The monoisotopic (exact) mass is 364 g/mol. The zero-order chi connectivity index (χ0) is 17.7. The van der Waals surface area contributed by atoms with Crippen molar-refractivity contribution in [3.63, 3.8) is 0 Å². The van der Waals surface area contributed by atoms with E-state index in [2.05, 4.69) is 5.32 Å². The molecule has 1 aliphatic heterocycles. The smallest absolute Gasteiger partial charge is 0.392 e. The predicted octanol–water partition coefficient (Wildman–Crippen LogP) is -3.00. The zero-order valence-corrected chi connectivity index (χ0v) is 16.4. The van der Waals surface area contributed by atoms with Crippen molar-refractivity contribution in [2.24, 2.45) is 0 Å². The summed E-state index contributed by atoms with van der Waals surface area (Å²) >= 11 is 0. The standard InChI is InChI=1S/C9H7NO2.C9H11NO2.BH4.Na/c1-10-8(11)6-4-2-3-5-7(6)9(10)12;1-10-9(12)8-5-3-2-4-7(8)6-11;;/h2-5H,1H3;2-5,11H,6H2,1H3,(H,10,12);1H4;/q;;-1;+1. The summed E-state index contributed by atoms with van der Waals surface area (Å²) in [4.78, 5) is 34.9.